The molecule has 0 aliphatic rings. The molecule has 1 unspecified atom stereocenters. The SMILES string of the molecule is CS(=O)(=O)OCC(OCc1ccccc1)[C@@H](OCc1ccccc1)[C@H](COCc1ccccc1)OS(C)(=O)=O. The molecule has 9 nitrogen and oxygen atoms in total. The Morgan fingerprint density at radius 2 is 1.03 bits per heavy atom. The molecule has 11 heteroatoms. The Balaban J connectivity index is 1.89. The van der Waals surface area contributed by atoms with E-state index in [0.717, 1.165) is 29.2 Å². The van der Waals surface area contributed by atoms with E-state index in [0.29, 0.717) is 0 Å². The van der Waals surface area contributed by atoms with Gasteiger partial charge in [-0.25, -0.2) is 0 Å². The van der Waals surface area contributed by atoms with Gasteiger partial charge in [0.2, 0.25) is 0 Å². The van der Waals surface area contributed by atoms with Crippen LogP contribution in [0.4, 0.5) is 0 Å². The molecule has 0 amide bonds. The number of hydrogen-bond donors (Lipinski definition) is 0. The van der Waals surface area contributed by atoms with Gasteiger partial charge in [-0.15, -0.1) is 0 Å². The van der Waals surface area contributed by atoms with Gasteiger partial charge in [0.05, 0.1) is 45.5 Å². The summed E-state index contributed by atoms with van der Waals surface area (Å²) in [7, 11) is -7.81. The lowest BCUT2D eigenvalue weighted by atomic mass is 10.1. The van der Waals surface area contributed by atoms with E-state index >= 15 is 0 Å². The van der Waals surface area contributed by atoms with Crippen LogP contribution in [0.2, 0.25) is 0 Å². The van der Waals surface area contributed by atoms with Gasteiger partial charge in [0.25, 0.3) is 20.2 Å². The lowest BCUT2D eigenvalue weighted by Crippen LogP contribution is -2.48. The Labute approximate surface area is 230 Å². The molecular weight excluding hydrogens is 544 g/mol. The maximum absolute atomic E-state index is 12.3. The number of rotatable bonds is 17. The molecule has 3 aromatic carbocycles. The fourth-order valence-electron chi connectivity index (χ4n) is 3.70. The molecule has 39 heavy (non-hydrogen) atoms. The van der Waals surface area contributed by atoms with Crippen molar-refractivity contribution in [2.24, 2.45) is 0 Å². The van der Waals surface area contributed by atoms with E-state index in [9.17, 15) is 16.8 Å². The second kappa shape index (κ2) is 15.2. The van der Waals surface area contributed by atoms with Gasteiger partial charge in [-0.05, 0) is 16.7 Å². The zero-order valence-corrected chi connectivity index (χ0v) is 23.6. The maximum atomic E-state index is 12.3. The lowest BCUT2D eigenvalue weighted by Gasteiger charge is -2.32. The summed E-state index contributed by atoms with van der Waals surface area (Å²) in [6.45, 7) is -0.220. The fourth-order valence-corrected chi connectivity index (χ4v) is 4.69. The van der Waals surface area contributed by atoms with Crippen LogP contribution in [0.15, 0.2) is 91.0 Å². The third-order valence-electron chi connectivity index (χ3n) is 5.46. The van der Waals surface area contributed by atoms with E-state index in [-0.39, 0.29) is 26.4 Å². The van der Waals surface area contributed by atoms with Crippen LogP contribution in [0.5, 0.6) is 0 Å². The number of benzene rings is 3. The zero-order chi connectivity index (χ0) is 28.1. The minimum absolute atomic E-state index is 0.0812. The second-order valence-corrected chi connectivity index (χ2v) is 12.2. The van der Waals surface area contributed by atoms with Crippen LogP contribution < -0.4 is 0 Å². The van der Waals surface area contributed by atoms with Gasteiger partial charge in [0, 0.05) is 0 Å². The molecule has 3 aromatic rings. The van der Waals surface area contributed by atoms with Crippen molar-refractivity contribution in [3.63, 3.8) is 0 Å². The highest BCUT2D eigenvalue weighted by Gasteiger charge is 2.36. The van der Waals surface area contributed by atoms with E-state index < -0.39 is 45.2 Å². The van der Waals surface area contributed by atoms with E-state index in [1.807, 2.05) is 91.0 Å². The lowest BCUT2D eigenvalue weighted by molar-refractivity contribution is -0.147. The van der Waals surface area contributed by atoms with Crippen LogP contribution in [0, 0.1) is 0 Å². The van der Waals surface area contributed by atoms with E-state index in [1.165, 1.54) is 0 Å². The summed E-state index contributed by atoms with van der Waals surface area (Å²) in [6.07, 6.45) is -1.43. The normalized spacial score (nSPS) is 14.5. The van der Waals surface area contributed by atoms with E-state index in [1.54, 1.807) is 0 Å². The van der Waals surface area contributed by atoms with Crippen LogP contribution in [-0.2, 0) is 62.6 Å². The van der Waals surface area contributed by atoms with Crippen molar-refractivity contribution >= 4 is 20.2 Å². The predicted molar refractivity (Wildman–Crippen MR) is 147 cm³/mol. The van der Waals surface area contributed by atoms with E-state index in [2.05, 4.69) is 0 Å². The first-order valence-corrected chi connectivity index (χ1v) is 15.9. The molecule has 0 saturated carbocycles. The van der Waals surface area contributed by atoms with Gasteiger partial charge >= 0.3 is 0 Å². The predicted octanol–water partition coefficient (Wildman–Crippen LogP) is 3.70. The van der Waals surface area contributed by atoms with Gasteiger partial charge in [0.1, 0.15) is 18.3 Å². The molecule has 0 saturated heterocycles. The third-order valence-corrected chi connectivity index (χ3v) is 6.62. The molecule has 0 radical (unpaired) electrons. The Morgan fingerprint density at radius 3 is 1.49 bits per heavy atom. The highest BCUT2D eigenvalue weighted by Crippen LogP contribution is 2.20. The summed E-state index contributed by atoms with van der Waals surface area (Å²) in [4.78, 5) is 0. The monoisotopic (exact) mass is 578 g/mol. The van der Waals surface area contributed by atoms with Crippen LogP contribution in [0.3, 0.4) is 0 Å². The maximum Gasteiger partial charge on any atom is 0.264 e. The molecule has 0 aliphatic heterocycles. The van der Waals surface area contributed by atoms with Crippen molar-refractivity contribution in [1.82, 2.24) is 0 Å². The molecule has 212 valence electrons. The highest BCUT2D eigenvalue weighted by molar-refractivity contribution is 7.86. The van der Waals surface area contributed by atoms with Crippen molar-refractivity contribution in [3.05, 3.63) is 108 Å². The van der Waals surface area contributed by atoms with Gasteiger partial charge in [-0.2, -0.15) is 16.8 Å². The zero-order valence-electron chi connectivity index (χ0n) is 21.9. The second-order valence-electron chi connectivity index (χ2n) is 8.92. The van der Waals surface area contributed by atoms with Crippen molar-refractivity contribution < 1.29 is 39.4 Å². The summed E-state index contributed by atoms with van der Waals surface area (Å²) in [5, 5.41) is 0. The topological polar surface area (TPSA) is 114 Å². The van der Waals surface area contributed by atoms with Gasteiger partial charge < -0.3 is 14.2 Å². The van der Waals surface area contributed by atoms with Crippen LogP contribution >= 0.6 is 0 Å². The molecule has 0 bridgehead atoms. The Kier molecular flexibility index (Phi) is 12.1. The molecular formula is C28H34O9S2. The van der Waals surface area contributed by atoms with E-state index in [4.69, 9.17) is 22.6 Å². The van der Waals surface area contributed by atoms with Gasteiger partial charge in [0.15, 0.2) is 0 Å². The number of ether oxygens (including phenoxy) is 3. The Bertz CT molecular complexity index is 1320. The third kappa shape index (κ3) is 12.4. The molecule has 0 fully saturated rings. The molecule has 3 atom stereocenters. The van der Waals surface area contributed by atoms with Crippen molar-refractivity contribution in [1.29, 1.82) is 0 Å². The average Bonchev–Trinajstić information content (AvgIpc) is 2.90. The van der Waals surface area contributed by atoms with Crippen molar-refractivity contribution in [3.8, 4) is 0 Å². The van der Waals surface area contributed by atoms with Crippen LogP contribution in [0.25, 0.3) is 0 Å². The molecule has 0 spiro atoms. The summed E-state index contributed by atoms with van der Waals surface area (Å²) in [6, 6.07) is 27.9. The molecule has 0 aliphatic carbocycles. The summed E-state index contributed by atoms with van der Waals surface area (Å²) < 4.78 is 76.9. The molecule has 0 N–H and O–H groups in total. The first-order valence-electron chi connectivity index (χ1n) is 12.2. The largest absolute Gasteiger partial charge is 0.374 e. The van der Waals surface area contributed by atoms with Gasteiger partial charge in [-0.3, -0.25) is 8.37 Å². The standard InChI is InChI=1S/C28H34O9S2/c1-38(29,30)36-22-26(34-19-24-14-8-4-9-15-24)28(35-20-25-16-10-5-11-17-25)27(37-39(2,31)32)21-33-18-23-12-6-3-7-13-23/h3-17,26-28H,18-22H2,1-2H3/t26?,27-,28+/m0/s1. The highest BCUT2D eigenvalue weighted by atomic mass is 32.2. The van der Waals surface area contributed by atoms with Crippen molar-refractivity contribution in [2.75, 3.05) is 25.7 Å². The summed E-state index contributed by atoms with van der Waals surface area (Å²) in [5.74, 6) is 0. The van der Waals surface area contributed by atoms with Crippen LogP contribution in [-0.4, -0.2) is 60.9 Å². The van der Waals surface area contributed by atoms with Crippen molar-refractivity contribution in [2.45, 2.75) is 38.1 Å². The minimum Gasteiger partial charge on any atom is -0.374 e. The average molecular weight is 579 g/mol. The molecule has 0 heterocycles. The first-order chi connectivity index (χ1) is 18.6. The first kappa shape index (κ1) is 30.9. The summed E-state index contributed by atoms with van der Waals surface area (Å²) >= 11 is 0. The quantitative estimate of drug-likeness (QED) is 0.221. The van der Waals surface area contributed by atoms with Gasteiger partial charge in [-0.1, -0.05) is 91.0 Å². The molecule has 0 aromatic heterocycles. The molecule has 3 rings (SSSR count). The Hall–Kier alpha value is -2.64. The Morgan fingerprint density at radius 1 is 0.564 bits per heavy atom. The fraction of sp³-hybridized carbons (Fsp3) is 0.357. The smallest absolute Gasteiger partial charge is 0.264 e. The minimum atomic E-state index is -3.96. The summed E-state index contributed by atoms with van der Waals surface area (Å²) in [5.41, 5.74) is 2.52. The van der Waals surface area contributed by atoms with Crippen LogP contribution in [0.1, 0.15) is 16.7 Å². The number of hydrogen-bond acceptors (Lipinski definition) is 9.